The molecule has 0 saturated heterocycles. The molecule has 2 rings (SSSR count). The quantitative estimate of drug-likeness (QED) is 0.788. The summed E-state index contributed by atoms with van der Waals surface area (Å²) in [6.45, 7) is 3.50. The summed E-state index contributed by atoms with van der Waals surface area (Å²) < 4.78 is 0. The standard InChI is InChI=1S/C17H25N3O2.ClH/c1-11-10-13(8-9-15(11)20-16(21)12(2)18)17(22)19-14-6-4-3-5-7-14;/h8-10,12,14H,3-7,18H2,1-2H3,(H,19,22)(H,20,21);1H/t12-;/m0./s1. The number of halogens is 1. The third-order valence-electron chi connectivity index (χ3n) is 4.10. The Kier molecular flexibility index (Phi) is 7.52. The van der Waals surface area contributed by atoms with Crippen LogP contribution in [0.5, 0.6) is 0 Å². The number of hydrogen-bond acceptors (Lipinski definition) is 3. The molecule has 23 heavy (non-hydrogen) atoms. The molecule has 0 radical (unpaired) electrons. The van der Waals surface area contributed by atoms with Crippen molar-refractivity contribution < 1.29 is 9.59 Å². The molecule has 1 aliphatic carbocycles. The van der Waals surface area contributed by atoms with Gasteiger partial charge in [0.25, 0.3) is 5.91 Å². The summed E-state index contributed by atoms with van der Waals surface area (Å²) >= 11 is 0. The molecular formula is C17H26ClN3O2. The molecule has 1 aliphatic rings. The van der Waals surface area contributed by atoms with Crippen molar-refractivity contribution in [2.45, 2.75) is 58.0 Å². The lowest BCUT2D eigenvalue weighted by Gasteiger charge is -2.23. The Morgan fingerprint density at radius 2 is 1.87 bits per heavy atom. The predicted octanol–water partition coefficient (Wildman–Crippen LogP) is 2.77. The van der Waals surface area contributed by atoms with E-state index in [-0.39, 0.29) is 24.2 Å². The molecule has 0 aliphatic heterocycles. The van der Waals surface area contributed by atoms with Gasteiger partial charge in [0.05, 0.1) is 6.04 Å². The van der Waals surface area contributed by atoms with E-state index in [1.54, 1.807) is 25.1 Å². The largest absolute Gasteiger partial charge is 0.349 e. The van der Waals surface area contributed by atoms with Gasteiger partial charge in [-0.25, -0.2) is 0 Å². The first kappa shape index (κ1) is 19.5. The number of aryl methyl sites for hydroxylation is 1. The molecular weight excluding hydrogens is 314 g/mol. The number of benzene rings is 1. The van der Waals surface area contributed by atoms with E-state index in [9.17, 15) is 9.59 Å². The first-order valence-corrected chi connectivity index (χ1v) is 7.95. The highest BCUT2D eigenvalue weighted by Crippen LogP contribution is 2.20. The second kappa shape index (κ2) is 8.89. The fourth-order valence-corrected chi connectivity index (χ4v) is 2.71. The van der Waals surface area contributed by atoms with Crippen molar-refractivity contribution in [2.75, 3.05) is 5.32 Å². The summed E-state index contributed by atoms with van der Waals surface area (Å²) in [5.74, 6) is -0.275. The van der Waals surface area contributed by atoms with E-state index in [1.165, 1.54) is 19.3 Å². The van der Waals surface area contributed by atoms with Crippen molar-refractivity contribution in [1.29, 1.82) is 0 Å². The van der Waals surface area contributed by atoms with Crippen LogP contribution in [0.15, 0.2) is 18.2 Å². The van der Waals surface area contributed by atoms with E-state index >= 15 is 0 Å². The number of hydrogen-bond donors (Lipinski definition) is 3. The van der Waals surface area contributed by atoms with Crippen LogP contribution in [0.25, 0.3) is 0 Å². The Labute approximate surface area is 143 Å². The second-order valence-electron chi connectivity index (χ2n) is 6.12. The first-order chi connectivity index (χ1) is 10.5. The van der Waals surface area contributed by atoms with Crippen LogP contribution < -0.4 is 16.4 Å². The van der Waals surface area contributed by atoms with E-state index in [0.717, 1.165) is 18.4 Å². The predicted molar refractivity (Wildman–Crippen MR) is 95.0 cm³/mol. The first-order valence-electron chi connectivity index (χ1n) is 7.95. The van der Waals surface area contributed by atoms with E-state index in [0.29, 0.717) is 17.3 Å². The van der Waals surface area contributed by atoms with Crippen molar-refractivity contribution in [3.63, 3.8) is 0 Å². The van der Waals surface area contributed by atoms with Crippen LogP contribution in [-0.2, 0) is 4.79 Å². The number of rotatable bonds is 4. The van der Waals surface area contributed by atoms with Gasteiger partial charge in [-0.2, -0.15) is 0 Å². The molecule has 6 heteroatoms. The van der Waals surface area contributed by atoms with E-state index in [2.05, 4.69) is 10.6 Å². The van der Waals surface area contributed by atoms with Crippen LogP contribution in [0.4, 0.5) is 5.69 Å². The maximum atomic E-state index is 12.3. The van der Waals surface area contributed by atoms with Gasteiger partial charge in [-0.1, -0.05) is 19.3 Å². The minimum atomic E-state index is -0.561. The van der Waals surface area contributed by atoms with Crippen LogP contribution in [0.3, 0.4) is 0 Å². The molecule has 1 aromatic carbocycles. The third-order valence-corrected chi connectivity index (χ3v) is 4.10. The van der Waals surface area contributed by atoms with Crippen LogP contribution in [0, 0.1) is 6.92 Å². The minimum absolute atomic E-state index is 0. The number of amides is 2. The van der Waals surface area contributed by atoms with Crippen molar-refractivity contribution in [3.8, 4) is 0 Å². The smallest absolute Gasteiger partial charge is 0.251 e. The lowest BCUT2D eigenvalue weighted by molar-refractivity contribution is -0.117. The zero-order valence-electron chi connectivity index (χ0n) is 13.7. The summed E-state index contributed by atoms with van der Waals surface area (Å²) in [7, 11) is 0. The molecule has 128 valence electrons. The average molecular weight is 340 g/mol. The van der Waals surface area contributed by atoms with E-state index < -0.39 is 6.04 Å². The van der Waals surface area contributed by atoms with Crippen molar-refractivity contribution in [1.82, 2.24) is 5.32 Å². The van der Waals surface area contributed by atoms with Gasteiger partial charge in [0.1, 0.15) is 0 Å². The van der Waals surface area contributed by atoms with Gasteiger partial charge in [-0.15, -0.1) is 12.4 Å². The number of carbonyl (C=O) groups is 2. The average Bonchev–Trinajstić information content (AvgIpc) is 2.50. The number of carbonyl (C=O) groups excluding carboxylic acids is 2. The lowest BCUT2D eigenvalue weighted by Crippen LogP contribution is -2.36. The molecule has 1 aromatic rings. The molecule has 2 amide bonds. The Morgan fingerprint density at radius 1 is 1.22 bits per heavy atom. The summed E-state index contributed by atoms with van der Waals surface area (Å²) in [6.07, 6.45) is 5.76. The normalized spacial score (nSPS) is 16.1. The summed E-state index contributed by atoms with van der Waals surface area (Å²) in [5, 5.41) is 5.86. The molecule has 0 heterocycles. The van der Waals surface area contributed by atoms with E-state index in [1.807, 2.05) is 6.92 Å². The molecule has 1 fully saturated rings. The van der Waals surface area contributed by atoms with Crippen LogP contribution in [-0.4, -0.2) is 23.9 Å². The van der Waals surface area contributed by atoms with Gasteiger partial charge in [0, 0.05) is 17.3 Å². The molecule has 4 N–H and O–H groups in total. The SMILES string of the molecule is Cc1cc(C(=O)NC2CCCCC2)ccc1NC(=O)[C@H](C)N.Cl. The lowest BCUT2D eigenvalue weighted by atomic mass is 9.95. The van der Waals surface area contributed by atoms with Crippen LogP contribution in [0.1, 0.15) is 54.9 Å². The highest BCUT2D eigenvalue weighted by Gasteiger charge is 2.17. The maximum Gasteiger partial charge on any atom is 0.251 e. The van der Waals surface area contributed by atoms with Crippen molar-refractivity contribution in [3.05, 3.63) is 29.3 Å². The van der Waals surface area contributed by atoms with Crippen molar-refractivity contribution in [2.24, 2.45) is 5.73 Å². The summed E-state index contributed by atoms with van der Waals surface area (Å²) in [5.41, 5.74) is 7.71. The fraction of sp³-hybridized carbons (Fsp3) is 0.529. The molecule has 5 nitrogen and oxygen atoms in total. The Hall–Kier alpha value is -1.59. The minimum Gasteiger partial charge on any atom is -0.349 e. The third kappa shape index (κ3) is 5.52. The van der Waals surface area contributed by atoms with Gasteiger partial charge in [-0.05, 0) is 50.5 Å². The monoisotopic (exact) mass is 339 g/mol. The number of nitrogens with one attached hydrogen (secondary N) is 2. The molecule has 0 spiro atoms. The molecule has 0 unspecified atom stereocenters. The Bertz CT molecular complexity index is 555. The maximum absolute atomic E-state index is 12.3. The van der Waals surface area contributed by atoms with Crippen LogP contribution >= 0.6 is 12.4 Å². The number of anilines is 1. The highest BCUT2D eigenvalue weighted by atomic mass is 35.5. The van der Waals surface area contributed by atoms with Crippen LogP contribution in [0.2, 0.25) is 0 Å². The van der Waals surface area contributed by atoms with Gasteiger partial charge >= 0.3 is 0 Å². The van der Waals surface area contributed by atoms with Gasteiger partial charge in [-0.3, -0.25) is 9.59 Å². The zero-order valence-corrected chi connectivity index (χ0v) is 14.5. The second-order valence-corrected chi connectivity index (χ2v) is 6.12. The fourth-order valence-electron chi connectivity index (χ4n) is 2.71. The zero-order chi connectivity index (χ0) is 16.1. The molecule has 0 aromatic heterocycles. The molecule has 1 atom stereocenters. The number of nitrogens with two attached hydrogens (primary N) is 1. The van der Waals surface area contributed by atoms with Gasteiger partial charge < -0.3 is 16.4 Å². The summed E-state index contributed by atoms with van der Waals surface area (Å²) in [4.78, 5) is 23.9. The van der Waals surface area contributed by atoms with Gasteiger partial charge in [0.15, 0.2) is 0 Å². The molecule has 0 bridgehead atoms. The Morgan fingerprint density at radius 3 is 2.43 bits per heavy atom. The summed E-state index contributed by atoms with van der Waals surface area (Å²) in [6, 6.07) is 5.02. The Balaban J connectivity index is 0.00000264. The topological polar surface area (TPSA) is 84.2 Å². The van der Waals surface area contributed by atoms with E-state index in [4.69, 9.17) is 5.73 Å². The highest BCUT2D eigenvalue weighted by molar-refractivity contribution is 5.97. The van der Waals surface area contributed by atoms with Gasteiger partial charge in [0.2, 0.25) is 5.91 Å². The van der Waals surface area contributed by atoms with Crippen molar-refractivity contribution >= 4 is 29.9 Å². The molecule has 1 saturated carbocycles.